The van der Waals surface area contributed by atoms with Crippen LogP contribution in [0, 0.1) is 42.9 Å². The number of aryl methyl sites for hydroxylation is 2. The van der Waals surface area contributed by atoms with Crippen molar-refractivity contribution in [2.75, 3.05) is 43.5 Å². The molecule has 30 heteroatoms. The molecular formula is C99H88ClF5N23Ru-2. The van der Waals surface area contributed by atoms with E-state index in [1.807, 2.05) is 302 Å². The summed E-state index contributed by atoms with van der Waals surface area (Å²) in [5.41, 5.74) is 11.6. The van der Waals surface area contributed by atoms with Crippen molar-refractivity contribution in [3.63, 3.8) is 0 Å². The maximum atomic E-state index is 13.4. The Hall–Kier alpha value is -15.9. The Morgan fingerprint density at radius 2 is 0.550 bits per heavy atom. The summed E-state index contributed by atoms with van der Waals surface area (Å²) in [4.78, 5) is 45.4. The van der Waals surface area contributed by atoms with Gasteiger partial charge < -0.3 is 50.0 Å². The molecule has 0 saturated carbocycles. The predicted molar refractivity (Wildman–Crippen MR) is 498 cm³/mol. The second-order valence-electron chi connectivity index (χ2n) is 28.0. The Balaban J connectivity index is 0.000000148. The third-order valence-electron chi connectivity index (χ3n) is 18.6. The summed E-state index contributed by atoms with van der Waals surface area (Å²) in [5, 5.41) is 14.9. The van der Waals surface area contributed by atoms with Crippen molar-refractivity contribution < 1.29 is 48.4 Å². The summed E-state index contributed by atoms with van der Waals surface area (Å²) >= 11 is 1.82. The molecule has 0 saturated heterocycles. The maximum absolute atomic E-state index is 13.4. The van der Waals surface area contributed by atoms with E-state index < -0.39 is 29.6 Å². The Kier molecular flexibility index (Phi) is 33.4. The van der Waals surface area contributed by atoms with E-state index in [-0.39, 0.29) is 0 Å². The van der Waals surface area contributed by atoms with Crippen LogP contribution < -0.4 is 38.5 Å². The summed E-state index contributed by atoms with van der Waals surface area (Å²) in [6.45, 7) is 7.14. The zero-order chi connectivity index (χ0) is 90.8. The molecule has 17 aromatic rings. The monoisotopic (exact) mass is 1830 g/mol. The summed E-state index contributed by atoms with van der Waals surface area (Å²) in [7, 11) is 12.6. The van der Waals surface area contributed by atoms with Crippen LogP contribution in [-0.2, 0) is 31.4 Å². The molecule has 129 heavy (non-hydrogen) atoms. The number of anilines is 14. The zero-order valence-corrected chi connectivity index (χ0v) is 73.3. The van der Waals surface area contributed by atoms with E-state index in [1.165, 1.54) is 12.1 Å². The molecule has 2 aliphatic rings. The van der Waals surface area contributed by atoms with Gasteiger partial charge in [0.25, 0.3) is 0 Å². The number of hydrogen-bond acceptors (Lipinski definition) is 15. The maximum Gasteiger partial charge on any atom is 0.142 e. The minimum absolute atomic E-state index is 0.386. The van der Waals surface area contributed by atoms with Crippen LogP contribution >= 0.6 is 9.69 Å². The fourth-order valence-electron chi connectivity index (χ4n) is 13.2. The topological polar surface area (TPSA) is 188 Å². The van der Waals surface area contributed by atoms with Gasteiger partial charge >= 0.3 is 27.0 Å². The fourth-order valence-corrected chi connectivity index (χ4v) is 13.2. The molecule has 9 aromatic heterocycles. The summed E-state index contributed by atoms with van der Waals surface area (Å²) in [6, 6.07) is 97.0. The van der Waals surface area contributed by atoms with Crippen LogP contribution in [0.5, 0.6) is 0 Å². The summed E-state index contributed by atoms with van der Waals surface area (Å²) in [5.74, 6) is 0.00936. The predicted octanol–water partition coefficient (Wildman–Crippen LogP) is 22.2. The minimum Gasteiger partial charge on any atom is -0.310 e. The van der Waals surface area contributed by atoms with Gasteiger partial charge in [0.2, 0.25) is 48.1 Å². The smallest absolute Gasteiger partial charge is 0.142 e. The van der Waals surface area contributed by atoms with Gasteiger partial charge in [0.1, 0.15) is 66.5 Å². The van der Waals surface area contributed by atoms with Gasteiger partial charge in [-0.2, -0.15) is 41.6 Å². The average molecular weight is 1830 g/mol. The first-order chi connectivity index (χ1) is 63.0. The van der Waals surface area contributed by atoms with Gasteiger partial charge in [-0.15, -0.1) is 13.3 Å². The molecule has 8 aromatic carbocycles. The molecule has 0 N–H and O–H groups in total. The number of para-hydroxylation sites is 8. The molecule has 23 nitrogen and oxygen atoms in total. The van der Waals surface area contributed by atoms with Crippen LogP contribution in [-0.4, -0.2) is 89.5 Å². The number of halogens is 6. The Morgan fingerprint density at radius 3 is 0.767 bits per heavy atom. The van der Waals surface area contributed by atoms with Crippen molar-refractivity contribution in [3.05, 3.63) is 457 Å². The first-order valence-corrected chi connectivity index (χ1v) is 42.3. The standard InChI is InChI=1S/2C25H24N6.C23H18N6.C17H12F2N2.C5H2F3N.2C2H4N.ClH.Ru/c2*1-27-13-15-29(19-27)24-17-23(18-25(26-24)30-16-14-28(2)20-30)31(21-9-5-3-6-10-21)22-11-7-4-8-12-22;1-3-7-19(8-4-1)29(20-9-5-2-6-10-20)21-15-22(27-13-11-24-17-27)26-23(16-21)28-14-12-25-18-28;18-16-11-15(12-17(19)20-16)21(13-7-3-1-4-8-13)14-9-5-2-6-10-14;6-3-1-4(7)9-5(8)2-3;2*1-2-3;;/h2*3-20H,1-2H3;1-18H;1-12H;1-2H;2*2H,1H3;1H;/q-2;+2;;;;2*-1;;+1/p-1. The van der Waals surface area contributed by atoms with Crippen molar-refractivity contribution in [2.45, 2.75) is 13.8 Å². The molecule has 0 radical (unpaired) electrons. The van der Waals surface area contributed by atoms with Gasteiger partial charge in [0.05, 0.1) is 36.8 Å². The molecule has 0 fully saturated rings. The van der Waals surface area contributed by atoms with E-state index in [0.717, 1.165) is 110 Å². The molecule has 0 bridgehead atoms. The second kappa shape index (κ2) is 46.7. The third-order valence-corrected chi connectivity index (χ3v) is 18.6. The van der Waals surface area contributed by atoms with E-state index in [0.29, 0.717) is 17.8 Å². The largest absolute Gasteiger partial charge is 0.310 e. The van der Waals surface area contributed by atoms with Gasteiger partial charge in [-0.1, -0.05) is 159 Å². The van der Waals surface area contributed by atoms with Gasteiger partial charge in [-0.3, -0.25) is 9.13 Å². The Morgan fingerprint density at radius 1 is 0.318 bits per heavy atom. The van der Waals surface area contributed by atoms with Crippen LogP contribution in [0.25, 0.3) is 34.1 Å². The second-order valence-corrected chi connectivity index (χ2v) is 28.0. The molecule has 11 heterocycles. The molecule has 0 atom stereocenters. The van der Waals surface area contributed by atoms with Crippen LogP contribution in [0.1, 0.15) is 13.8 Å². The van der Waals surface area contributed by atoms with E-state index in [4.69, 9.17) is 25.8 Å². The zero-order valence-electron chi connectivity index (χ0n) is 70.8. The van der Waals surface area contributed by atoms with Crippen molar-refractivity contribution in [2.24, 2.45) is 14.1 Å². The minimum atomic E-state index is -1.15. The van der Waals surface area contributed by atoms with Crippen LogP contribution in [0.4, 0.5) is 102 Å². The number of nitrogens with zero attached hydrogens (tertiary/aromatic N) is 23. The normalized spacial score (nSPS) is 11.3. The molecule has 19 rings (SSSR count). The number of aromatic nitrogens is 13. The SMILES string of the molecule is CC=[N-].CC=[N-].CN1C=CN(c2cc(N(c3ccccc3)c3ccccc3)cc(N3C=CN(C)[CH-]3)n2)[CH-]1.C[n+]1ccn(-c2cc(N(c3ccccc3)c3ccccc3)cc(-n3cc[n+](C)c3)n2)c1.Fc1cc(F)nc(F)c1.Fc1cc(N(c2ccccc2)c2ccccc2)cc(F)n1.[Cl][Ru].c1ccc(N(c2ccccc2)c2cc(-n3ccnc3)nc(-n3ccnc3)c2)cc1. The average Bonchev–Trinajstić information content (AvgIpc) is 1.51. The van der Waals surface area contributed by atoms with E-state index in [9.17, 15) is 22.0 Å². The molecule has 0 spiro atoms. The Labute approximate surface area is 760 Å². The van der Waals surface area contributed by atoms with Gasteiger partial charge in [0.15, 0.2) is 0 Å². The first-order valence-electron chi connectivity index (χ1n) is 40.1. The van der Waals surface area contributed by atoms with Crippen molar-refractivity contribution in [1.29, 1.82) is 0 Å². The number of imidazole rings is 4. The number of benzene rings is 8. The van der Waals surface area contributed by atoms with Crippen molar-refractivity contribution in [1.82, 2.24) is 63.0 Å². The fraction of sp³-hybridized carbons (Fsp3) is 0.0606. The first kappa shape index (κ1) is 92.3. The molecular weight excluding hydrogens is 1740 g/mol. The van der Waals surface area contributed by atoms with E-state index in [1.54, 1.807) is 43.8 Å². The van der Waals surface area contributed by atoms with E-state index in [2.05, 4.69) is 202 Å². The summed E-state index contributed by atoms with van der Waals surface area (Å²) in [6.07, 6.45) is 32.9. The number of hydrogen-bond donors (Lipinski definition) is 0. The quantitative estimate of drug-likeness (QED) is 0.0197. The summed E-state index contributed by atoms with van der Waals surface area (Å²) < 4.78 is 74.4. The van der Waals surface area contributed by atoms with Crippen LogP contribution in [0.3, 0.4) is 0 Å². The van der Waals surface area contributed by atoms with Crippen LogP contribution in [0.15, 0.2) is 403 Å². The van der Waals surface area contributed by atoms with Crippen LogP contribution in [0.2, 0.25) is 0 Å². The molecule has 2 aliphatic heterocycles. The van der Waals surface area contributed by atoms with Crippen molar-refractivity contribution in [3.8, 4) is 23.3 Å². The number of pyridine rings is 5. The van der Waals surface area contributed by atoms with Gasteiger partial charge in [0, 0.05) is 131 Å². The van der Waals surface area contributed by atoms with E-state index >= 15 is 0 Å². The number of rotatable bonds is 18. The Bertz CT molecular complexity index is 5970. The van der Waals surface area contributed by atoms with Crippen molar-refractivity contribution >= 4 is 102 Å². The molecule has 0 aliphatic carbocycles. The third kappa shape index (κ3) is 25.7. The van der Waals surface area contributed by atoms with Gasteiger partial charge in [-0.25, -0.2) is 45.9 Å². The molecule has 651 valence electrons. The molecule has 0 amide bonds. The molecule has 0 unspecified atom stereocenters. The van der Waals surface area contributed by atoms with Gasteiger partial charge in [-0.05, 0) is 136 Å².